The Labute approximate surface area is 202 Å². The van der Waals surface area contributed by atoms with Gasteiger partial charge in [-0.1, -0.05) is 48.5 Å². The van der Waals surface area contributed by atoms with Gasteiger partial charge in [-0.15, -0.1) is 0 Å². The topological polar surface area (TPSA) is 69.7 Å². The highest BCUT2D eigenvalue weighted by atomic mass is 32.2. The van der Waals surface area contributed by atoms with Crippen LogP contribution >= 0.6 is 0 Å². The van der Waals surface area contributed by atoms with Gasteiger partial charge in [0.2, 0.25) is 5.91 Å². The van der Waals surface area contributed by atoms with E-state index in [9.17, 15) is 13.2 Å². The number of rotatable bonds is 8. The fourth-order valence-corrected chi connectivity index (χ4v) is 5.73. The molecule has 3 aromatic rings. The van der Waals surface area contributed by atoms with Crippen molar-refractivity contribution in [2.24, 2.45) is 0 Å². The van der Waals surface area contributed by atoms with Crippen LogP contribution in [0.5, 0.6) is 0 Å². The molecule has 0 radical (unpaired) electrons. The molecule has 34 heavy (non-hydrogen) atoms. The van der Waals surface area contributed by atoms with E-state index in [0.29, 0.717) is 12.2 Å². The summed E-state index contributed by atoms with van der Waals surface area (Å²) >= 11 is 0. The van der Waals surface area contributed by atoms with Crippen molar-refractivity contribution >= 4 is 27.3 Å². The van der Waals surface area contributed by atoms with E-state index < -0.39 is 10.0 Å². The molecule has 1 amide bonds. The van der Waals surface area contributed by atoms with Crippen molar-refractivity contribution < 1.29 is 13.2 Å². The first kappa shape index (κ1) is 23.8. The van der Waals surface area contributed by atoms with Gasteiger partial charge in [0.1, 0.15) is 6.54 Å². The normalized spacial score (nSPS) is 14.0. The van der Waals surface area contributed by atoms with Crippen LogP contribution in [0.1, 0.15) is 30.4 Å². The Morgan fingerprint density at radius 1 is 0.882 bits per heavy atom. The smallest absolute Gasteiger partial charge is 0.264 e. The van der Waals surface area contributed by atoms with Crippen LogP contribution in [0.15, 0.2) is 83.8 Å². The molecule has 0 aromatic heterocycles. The van der Waals surface area contributed by atoms with Gasteiger partial charge in [0.15, 0.2) is 0 Å². The number of carbonyl (C=O) groups is 1. The molecule has 0 unspecified atom stereocenters. The van der Waals surface area contributed by atoms with E-state index in [1.54, 1.807) is 42.5 Å². The van der Waals surface area contributed by atoms with Gasteiger partial charge in [-0.25, -0.2) is 8.42 Å². The average Bonchev–Trinajstić information content (AvgIpc) is 2.88. The molecule has 1 heterocycles. The summed E-state index contributed by atoms with van der Waals surface area (Å²) in [6, 6.07) is 23.6. The maximum absolute atomic E-state index is 13.4. The molecule has 1 aliphatic rings. The van der Waals surface area contributed by atoms with Gasteiger partial charge >= 0.3 is 0 Å². The van der Waals surface area contributed by atoms with Gasteiger partial charge in [-0.3, -0.25) is 9.10 Å². The van der Waals surface area contributed by atoms with E-state index in [1.165, 1.54) is 29.3 Å². The molecule has 7 heteroatoms. The third-order valence-corrected chi connectivity index (χ3v) is 7.92. The van der Waals surface area contributed by atoms with Gasteiger partial charge in [-0.05, 0) is 67.6 Å². The van der Waals surface area contributed by atoms with Crippen molar-refractivity contribution in [2.45, 2.75) is 37.6 Å². The zero-order valence-electron chi connectivity index (χ0n) is 19.5. The van der Waals surface area contributed by atoms with Gasteiger partial charge in [-0.2, -0.15) is 0 Å². The first-order chi connectivity index (χ1) is 16.4. The standard InChI is InChI=1S/C27H31N3O3S/c1-22-10-6-7-13-26(22)30(34(32,33)25-11-4-2-5-12-25)21-27(31)28-20-23-14-16-24(17-15-23)29-18-8-3-9-19-29/h2,4-7,10-17H,3,8-9,18-21H2,1H3,(H,28,31). The molecule has 4 rings (SSSR count). The Bertz CT molecular complexity index is 1210. The lowest BCUT2D eigenvalue weighted by molar-refractivity contribution is -0.119. The molecule has 0 aliphatic carbocycles. The third-order valence-electron chi connectivity index (χ3n) is 6.15. The number of sulfonamides is 1. The van der Waals surface area contributed by atoms with Crippen LogP contribution in [0, 0.1) is 6.92 Å². The molecule has 1 aliphatic heterocycles. The Morgan fingerprint density at radius 2 is 1.53 bits per heavy atom. The van der Waals surface area contributed by atoms with Gasteiger partial charge in [0, 0.05) is 25.3 Å². The fourth-order valence-electron chi connectivity index (χ4n) is 4.23. The molecule has 0 spiro atoms. The number of benzene rings is 3. The monoisotopic (exact) mass is 477 g/mol. The van der Waals surface area contributed by atoms with Crippen molar-refractivity contribution in [3.63, 3.8) is 0 Å². The Hall–Kier alpha value is -3.32. The van der Waals surface area contributed by atoms with Crippen LogP contribution in [0.4, 0.5) is 11.4 Å². The molecule has 178 valence electrons. The summed E-state index contributed by atoms with van der Waals surface area (Å²) in [7, 11) is -3.91. The van der Waals surface area contributed by atoms with E-state index in [1.807, 2.05) is 31.2 Å². The van der Waals surface area contributed by atoms with Crippen LogP contribution in [0.3, 0.4) is 0 Å². The van der Waals surface area contributed by atoms with E-state index in [0.717, 1.165) is 24.2 Å². The van der Waals surface area contributed by atoms with Crippen molar-refractivity contribution in [1.29, 1.82) is 0 Å². The van der Waals surface area contributed by atoms with Crippen LogP contribution in [0.2, 0.25) is 0 Å². The lowest BCUT2D eigenvalue weighted by atomic mass is 10.1. The van der Waals surface area contributed by atoms with Crippen LogP contribution in [-0.4, -0.2) is 34.0 Å². The number of nitrogens with zero attached hydrogens (tertiary/aromatic N) is 2. The summed E-state index contributed by atoms with van der Waals surface area (Å²) in [6.45, 7) is 4.05. The molecule has 3 aromatic carbocycles. The van der Waals surface area contributed by atoms with Crippen molar-refractivity contribution in [3.05, 3.63) is 90.0 Å². The number of amides is 1. The lowest BCUT2D eigenvalue weighted by Gasteiger charge is -2.29. The summed E-state index contributed by atoms with van der Waals surface area (Å²) in [4.78, 5) is 15.4. The highest BCUT2D eigenvalue weighted by molar-refractivity contribution is 7.92. The predicted octanol–water partition coefficient (Wildman–Crippen LogP) is 4.50. The molecule has 6 nitrogen and oxygen atoms in total. The number of hydrogen-bond donors (Lipinski definition) is 1. The second kappa shape index (κ2) is 10.7. The van der Waals surface area contributed by atoms with Crippen LogP contribution in [0.25, 0.3) is 0 Å². The fraction of sp³-hybridized carbons (Fsp3) is 0.296. The van der Waals surface area contributed by atoms with E-state index >= 15 is 0 Å². The second-order valence-electron chi connectivity index (χ2n) is 8.60. The number of aryl methyl sites for hydroxylation is 1. The van der Waals surface area contributed by atoms with Crippen LogP contribution in [-0.2, 0) is 21.4 Å². The summed E-state index contributed by atoms with van der Waals surface area (Å²) in [5.41, 5.74) is 3.45. The molecule has 0 atom stereocenters. The quantitative estimate of drug-likeness (QED) is 0.519. The zero-order chi connectivity index (χ0) is 24.0. The summed E-state index contributed by atoms with van der Waals surface area (Å²) in [5, 5.41) is 2.88. The van der Waals surface area contributed by atoms with Gasteiger partial charge < -0.3 is 10.2 Å². The highest BCUT2D eigenvalue weighted by Crippen LogP contribution is 2.26. The number of carbonyl (C=O) groups excluding carboxylic acids is 1. The van der Waals surface area contributed by atoms with Crippen molar-refractivity contribution in [2.75, 3.05) is 28.8 Å². The average molecular weight is 478 g/mol. The number of para-hydroxylation sites is 1. The van der Waals surface area contributed by atoms with Crippen LogP contribution < -0.4 is 14.5 Å². The number of anilines is 2. The van der Waals surface area contributed by atoms with E-state index in [2.05, 4.69) is 22.3 Å². The molecular weight excluding hydrogens is 446 g/mol. The molecule has 1 fully saturated rings. The third kappa shape index (κ3) is 5.59. The molecule has 1 saturated heterocycles. The maximum atomic E-state index is 13.4. The maximum Gasteiger partial charge on any atom is 0.264 e. The summed E-state index contributed by atoms with van der Waals surface area (Å²) in [6.07, 6.45) is 3.74. The number of hydrogen-bond acceptors (Lipinski definition) is 4. The first-order valence-electron chi connectivity index (χ1n) is 11.7. The summed E-state index contributed by atoms with van der Waals surface area (Å²) in [5.74, 6) is -0.358. The Kier molecular flexibility index (Phi) is 7.53. The largest absolute Gasteiger partial charge is 0.372 e. The molecule has 0 bridgehead atoms. The molecular formula is C27H31N3O3S. The SMILES string of the molecule is Cc1ccccc1N(CC(=O)NCc1ccc(N2CCCCC2)cc1)S(=O)(=O)c1ccccc1. The Morgan fingerprint density at radius 3 is 2.21 bits per heavy atom. The zero-order valence-corrected chi connectivity index (χ0v) is 20.3. The van der Waals surface area contributed by atoms with E-state index in [-0.39, 0.29) is 17.3 Å². The predicted molar refractivity (Wildman–Crippen MR) is 137 cm³/mol. The first-order valence-corrected chi connectivity index (χ1v) is 13.1. The second-order valence-corrected chi connectivity index (χ2v) is 10.5. The number of piperidine rings is 1. The highest BCUT2D eigenvalue weighted by Gasteiger charge is 2.28. The molecule has 0 saturated carbocycles. The van der Waals surface area contributed by atoms with E-state index in [4.69, 9.17) is 0 Å². The minimum atomic E-state index is -3.91. The summed E-state index contributed by atoms with van der Waals surface area (Å²) < 4.78 is 28.0. The van der Waals surface area contributed by atoms with Crippen molar-refractivity contribution in [3.8, 4) is 0 Å². The lowest BCUT2D eigenvalue weighted by Crippen LogP contribution is -2.41. The van der Waals surface area contributed by atoms with Gasteiger partial charge in [0.25, 0.3) is 10.0 Å². The van der Waals surface area contributed by atoms with Crippen molar-refractivity contribution in [1.82, 2.24) is 5.32 Å². The van der Waals surface area contributed by atoms with Gasteiger partial charge in [0.05, 0.1) is 10.6 Å². The minimum Gasteiger partial charge on any atom is -0.372 e. The Balaban J connectivity index is 1.46. The number of nitrogens with one attached hydrogen (secondary N) is 1. The minimum absolute atomic E-state index is 0.152. The molecule has 1 N–H and O–H groups in total.